The van der Waals surface area contributed by atoms with Crippen molar-refractivity contribution in [3.05, 3.63) is 192 Å². The maximum absolute atomic E-state index is 7.25. The molecule has 0 heterocycles. The van der Waals surface area contributed by atoms with Crippen LogP contribution in [-0.4, -0.2) is 14.8 Å². The predicted octanol–water partition coefficient (Wildman–Crippen LogP) is 9.54. The van der Waals surface area contributed by atoms with Gasteiger partial charge in [-0.3, -0.25) is 0 Å². The summed E-state index contributed by atoms with van der Waals surface area (Å²) in [5.41, 5.74) is 11.5. The van der Waals surface area contributed by atoms with E-state index in [9.17, 15) is 0 Å². The van der Waals surface area contributed by atoms with Crippen molar-refractivity contribution in [2.45, 2.75) is 51.0 Å². The van der Waals surface area contributed by atoms with Crippen molar-refractivity contribution in [3.63, 3.8) is 0 Å². The van der Waals surface area contributed by atoms with Crippen LogP contribution in [0.3, 0.4) is 0 Å². The molecule has 4 nitrogen and oxygen atoms in total. The minimum Gasteiger partial charge on any atom is -0.787 e. The van der Waals surface area contributed by atoms with Gasteiger partial charge in [0.25, 0.3) is 0 Å². The molecule has 0 aliphatic carbocycles. The Bertz CT molecular complexity index is 1440. The SMILES string of the molecule is CC(C)(C)[S-].CC(C)(C)[S-].ClCCl.[Ir].[Ir].[N]=O.[N]=O.c1ccc([PH+](c2ccccc2)c2ccccc2)cc1.c1ccc([PH+](c2ccccc2)c2ccccc2)cc1. The van der Waals surface area contributed by atoms with E-state index in [1.165, 1.54) is 31.8 Å². The molecule has 6 aromatic rings. The first-order chi connectivity index (χ1) is 26.3. The molecule has 0 fully saturated rings. The van der Waals surface area contributed by atoms with Gasteiger partial charge in [0, 0.05) is 40.2 Å². The van der Waals surface area contributed by atoms with Crippen LogP contribution in [0.5, 0.6) is 0 Å². The summed E-state index contributed by atoms with van der Waals surface area (Å²) in [6.45, 7) is 12.0. The van der Waals surface area contributed by atoms with Gasteiger partial charge >= 0.3 is 0 Å². The zero-order valence-corrected chi connectivity index (χ0v) is 42.9. The van der Waals surface area contributed by atoms with Gasteiger partial charge in [0.15, 0.2) is 0 Å². The summed E-state index contributed by atoms with van der Waals surface area (Å²) >= 11 is 19.2. The third kappa shape index (κ3) is 29.8. The van der Waals surface area contributed by atoms with Gasteiger partial charge in [-0.15, -0.1) is 33.0 Å². The van der Waals surface area contributed by atoms with E-state index in [1.807, 2.05) is 41.5 Å². The van der Waals surface area contributed by atoms with Crippen LogP contribution in [0.1, 0.15) is 41.5 Å². The zero-order chi connectivity index (χ0) is 41.5. The first-order valence-corrected chi connectivity index (χ1v) is 22.2. The molecule has 0 amide bonds. The quantitative estimate of drug-likeness (QED) is 0.0947. The van der Waals surface area contributed by atoms with Crippen LogP contribution in [0, 0.1) is 9.81 Å². The number of hydrogen-bond donors (Lipinski definition) is 0. The Balaban J connectivity index is -0.000000720. The van der Waals surface area contributed by atoms with Crippen LogP contribution in [-0.2, 0) is 65.5 Å². The summed E-state index contributed by atoms with van der Waals surface area (Å²) in [5, 5.41) is 8.81. The number of alkyl halides is 2. The molecule has 308 valence electrons. The summed E-state index contributed by atoms with van der Waals surface area (Å²) in [6, 6.07) is 65.0. The van der Waals surface area contributed by atoms with E-state index in [4.69, 9.17) is 69.5 Å². The zero-order valence-electron chi connectivity index (χ0n) is 33.0. The Labute approximate surface area is 392 Å². The Morgan fingerprint density at radius 1 is 0.368 bits per heavy atom. The van der Waals surface area contributed by atoms with E-state index in [0.717, 1.165) is 0 Å². The normalized spacial score (nSPS) is 9.61. The van der Waals surface area contributed by atoms with Crippen LogP contribution in [0.15, 0.2) is 182 Å². The summed E-state index contributed by atoms with van der Waals surface area (Å²) < 4.78 is 0.167. The molecule has 0 aliphatic rings. The van der Waals surface area contributed by atoms with Crippen LogP contribution in [0.2, 0.25) is 0 Å². The largest absolute Gasteiger partial charge is 0.787 e. The monoisotopic (exact) mass is 1230 g/mol. The topological polar surface area (TPSA) is 78.7 Å². The maximum atomic E-state index is 7.25. The van der Waals surface area contributed by atoms with E-state index >= 15 is 0 Å². The van der Waals surface area contributed by atoms with Crippen molar-refractivity contribution >= 4 is 96.1 Å². The minimum absolute atomic E-state index is 0. The molecule has 6 rings (SSSR count). The van der Waals surface area contributed by atoms with Crippen molar-refractivity contribution in [3.8, 4) is 0 Å². The van der Waals surface area contributed by atoms with Crippen molar-refractivity contribution in [1.29, 1.82) is 0 Å². The van der Waals surface area contributed by atoms with Crippen LogP contribution < -0.4 is 43.0 Å². The predicted molar refractivity (Wildman–Crippen MR) is 255 cm³/mol. The molecule has 0 atom stereocenters. The summed E-state index contributed by atoms with van der Waals surface area (Å²) in [5.74, 6) is 0. The molecule has 12 heteroatoms. The third-order valence-electron chi connectivity index (χ3n) is 6.37. The van der Waals surface area contributed by atoms with Crippen LogP contribution >= 0.6 is 39.0 Å². The molecule has 0 aromatic heterocycles. The number of halogens is 2. The Kier molecular flexibility index (Phi) is 37.3. The molecule has 0 spiro atoms. The molecule has 0 saturated carbocycles. The van der Waals surface area contributed by atoms with Crippen molar-refractivity contribution in [2.24, 2.45) is 0 Å². The van der Waals surface area contributed by atoms with Gasteiger partial charge in [0.05, 0.1) is 21.2 Å². The second-order valence-electron chi connectivity index (χ2n) is 13.3. The molecule has 0 bridgehead atoms. The van der Waals surface area contributed by atoms with Crippen molar-refractivity contribution in [2.75, 3.05) is 5.34 Å². The van der Waals surface area contributed by atoms with E-state index in [0.29, 0.717) is 0 Å². The Morgan fingerprint density at radius 3 is 0.544 bits per heavy atom. The molecule has 0 aliphatic heterocycles. The smallest absolute Gasteiger partial charge is 0.120 e. The molecule has 57 heavy (non-hydrogen) atoms. The molecule has 4 radical (unpaired) electrons. The van der Waals surface area contributed by atoms with Gasteiger partial charge in [-0.25, -0.2) is 0 Å². The Morgan fingerprint density at radius 2 is 0.456 bits per heavy atom. The van der Waals surface area contributed by atoms with Crippen molar-refractivity contribution < 1.29 is 40.2 Å². The first-order valence-electron chi connectivity index (χ1n) is 17.3. The van der Waals surface area contributed by atoms with Crippen LogP contribution in [0.25, 0.3) is 0 Å². The second-order valence-corrected chi connectivity index (χ2v) is 21.5. The van der Waals surface area contributed by atoms with Gasteiger partial charge < -0.3 is 25.3 Å². The molecular formula is C45H52Cl2Ir2N2O2P2S2. The number of rotatable bonds is 6. The molecular weight excluding hydrogens is 1180 g/mol. The van der Waals surface area contributed by atoms with Gasteiger partial charge in [0.1, 0.15) is 43.0 Å². The van der Waals surface area contributed by atoms with Gasteiger partial charge in [0.2, 0.25) is 0 Å². The van der Waals surface area contributed by atoms with E-state index in [-0.39, 0.29) is 55.0 Å². The van der Waals surface area contributed by atoms with E-state index in [1.54, 1.807) is 0 Å². The van der Waals surface area contributed by atoms with Gasteiger partial charge in [-0.05, 0) is 72.8 Å². The number of nitroso groups, excluding NO2 is 2. The van der Waals surface area contributed by atoms with E-state index in [2.05, 4.69) is 182 Å². The number of hydrogen-bond acceptors (Lipinski definition) is 4. The molecule has 0 saturated heterocycles. The minimum atomic E-state index is -0.877. The summed E-state index contributed by atoms with van der Waals surface area (Å²) in [4.78, 5) is 14.5. The van der Waals surface area contributed by atoms with Crippen LogP contribution in [0.4, 0.5) is 0 Å². The fraction of sp³-hybridized carbons (Fsp3) is 0.200. The summed E-state index contributed by atoms with van der Waals surface area (Å²) in [6.07, 6.45) is 0. The van der Waals surface area contributed by atoms with Gasteiger partial charge in [-0.2, -0.15) is 9.49 Å². The number of nitrogens with zero attached hydrogens (tertiary/aromatic N) is 2. The molecule has 6 aromatic carbocycles. The number of benzene rings is 6. The van der Waals surface area contributed by atoms with Gasteiger partial charge in [-0.1, -0.05) is 151 Å². The van der Waals surface area contributed by atoms with Crippen molar-refractivity contribution in [1.82, 2.24) is 11.2 Å². The Hall–Kier alpha value is -2.04. The maximum Gasteiger partial charge on any atom is 0.120 e. The fourth-order valence-electron chi connectivity index (χ4n) is 4.63. The third-order valence-corrected chi connectivity index (χ3v) is 11.8. The van der Waals surface area contributed by atoms with E-state index < -0.39 is 15.8 Å². The molecule has 0 unspecified atom stereocenters. The summed E-state index contributed by atoms with van der Waals surface area (Å²) in [7, 11) is -1.75. The second kappa shape index (κ2) is 35.9. The average molecular weight is 1230 g/mol. The average Bonchev–Trinajstić information content (AvgIpc) is 3.19. The molecule has 0 N–H and O–H groups in total. The first kappa shape index (κ1) is 59.3. The standard InChI is InChI=1S/2C18H15P.2C4H10S.CH2Cl2.2Ir.2NO/c2*1-4-10-16(11-5-1)19(17-12-6-2-7-13-17)18-14-8-3-9-15-18;2*1-4(2,3)5;2-1-3;;;2*1-2/h2*1-15H;2*5H,1-3H3;1H2;;;;. The fourth-order valence-corrected chi connectivity index (χ4v) is 9.78.